The summed E-state index contributed by atoms with van der Waals surface area (Å²) in [5.41, 5.74) is 2.38. The predicted molar refractivity (Wildman–Crippen MR) is 65.5 cm³/mol. The van der Waals surface area contributed by atoms with Crippen LogP contribution in [0.15, 0.2) is 23.0 Å². The van der Waals surface area contributed by atoms with Gasteiger partial charge in [0.25, 0.3) is 0 Å². The summed E-state index contributed by atoms with van der Waals surface area (Å²) in [6.07, 6.45) is 2.94. The van der Waals surface area contributed by atoms with Crippen LogP contribution in [0.2, 0.25) is 0 Å². The average molecular weight is 236 g/mol. The quantitative estimate of drug-likeness (QED) is 0.863. The van der Waals surface area contributed by atoms with Gasteiger partial charge in [0.1, 0.15) is 0 Å². The molecule has 16 heavy (non-hydrogen) atoms. The maximum absolute atomic E-state index is 3.99. The molecular formula is C11H16N4S. The van der Waals surface area contributed by atoms with Gasteiger partial charge in [0.15, 0.2) is 0 Å². The summed E-state index contributed by atoms with van der Waals surface area (Å²) in [7, 11) is 1.93. The molecule has 0 aliphatic carbocycles. The van der Waals surface area contributed by atoms with E-state index in [0.29, 0.717) is 0 Å². The fourth-order valence-electron chi connectivity index (χ4n) is 1.68. The van der Waals surface area contributed by atoms with Gasteiger partial charge in [-0.2, -0.15) is 11.3 Å². The molecule has 0 aliphatic rings. The molecule has 0 bridgehead atoms. The number of aromatic nitrogens is 3. The molecule has 1 N–H and O–H groups in total. The van der Waals surface area contributed by atoms with E-state index in [1.807, 2.05) is 17.9 Å². The minimum atomic E-state index is 0.200. The lowest BCUT2D eigenvalue weighted by Gasteiger charge is -2.16. The second-order valence-electron chi connectivity index (χ2n) is 3.73. The molecule has 86 valence electrons. The third-order valence-electron chi connectivity index (χ3n) is 2.52. The van der Waals surface area contributed by atoms with Crippen LogP contribution in [0.5, 0.6) is 0 Å². The normalized spacial score (nSPS) is 12.9. The van der Waals surface area contributed by atoms with Crippen LogP contribution in [0, 0.1) is 0 Å². The topological polar surface area (TPSA) is 42.7 Å². The third kappa shape index (κ3) is 2.31. The van der Waals surface area contributed by atoms with Crippen LogP contribution in [0.3, 0.4) is 0 Å². The highest BCUT2D eigenvalue weighted by molar-refractivity contribution is 7.08. The van der Waals surface area contributed by atoms with E-state index >= 15 is 0 Å². The molecule has 0 aliphatic heterocycles. The van der Waals surface area contributed by atoms with Gasteiger partial charge >= 0.3 is 0 Å². The van der Waals surface area contributed by atoms with Crippen LogP contribution >= 0.6 is 11.3 Å². The van der Waals surface area contributed by atoms with E-state index < -0.39 is 0 Å². The molecule has 0 radical (unpaired) electrons. The van der Waals surface area contributed by atoms with Crippen molar-refractivity contribution >= 4 is 11.3 Å². The van der Waals surface area contributed by atoms with Gasteiger partial charge in [-0.25, -0.2) is 0 Å². The Morgan fingerprint density at radius 2 is 2.44 bits per heavy atom. The number of thiophene rings is 1. The largest absolute Gasteiger partial charge is 0.305 e. The highest BCUT2D eigenvalue weighted by atomic mass is 32.1. The Kier molecular flexibility index (Phi) is 3.69. The second-order valence-corrected chi connectivity index (χ2v) is 4.51. The molecule has 0 amide bonds. The zero-order valence-corrected chi connectivity index (χ0v) is 10.4. The molecule has 1 atom stereocenters. The molecule has 2 aromatic heterocycles. The fraction of sp³-hybridized carbons (Fsp3) is 0.455. The minimum Gasteiger partial charge on any atom is -0.305 e. The summed E-state index contributed by atoms with van der Waals surface area (Å²) < 4.78 is 1.82. The van der Waals surface area contributed by atoms with Gasteiger partial charge in [-0.1, -0.05) is 12.1 Å². The number of nitrogens with one attached hydrogen (secondary N) is 1. The number of hydrogen-bond donors (Lipinski definition) is 1. The summed E-state index contributed by atoms with van der Waals surface area (Å²) >= 11 is 1.71. The molecule has 0 fully saturated rings. The van der Waals surface area contributed by atoms with Gasteiger partial charge in [-0.15, -0.1) is 5.10 Å². The molecule has 2 heterocycles. The molecule has 0 saturated carbocycles. The van der Waals surface area contributed by atoms with Crippen molar-refractivity contribution in [3.63, 3.8) is 0 Å². The number of hydrogen-bond acceptors (Lipinski definition) is 4. The van der Waals surface area contributed by atoms with Crippen molar-refractivity contribution < 1.29 is 0 Å². The van der Waals surface area contributed by atoms with Crippen molar-refractivity contribution in [2.75, 3.05) is 6.54 Å². The van der Waals surface area contributed by atoms with Crippen LogP contribution in [-0.4, -0.2) is 21.5 Å². The first-order valence-corrected chi connectivity index (χ1v) is 6.37. The van der Waals surface area contributed by atoms with Gasteiger partial charge < -0.3 is 5.32 Å². The molecule has 2 rings (SSSR count). The summed E-state index contributed by atoms with van der Waals surface area (Å²) in [4.78, 5) is 0. The van der Waals surface area contributed by atoms with Crippen LogP contribution in [0.1, 0.15) is 30.6 Å². The Bertz CT molecular complexity index is 421. The lowest BCUT2D eigenvalue weighted by molar-refractivity contribution is 0.551. The van der Waals surface area contributed by atoms with E-state index in [1.165, 1.54) is 5.56 Å². The van der Waals surface area contributed by atoms with Crippen LogP contribution in [0.25, 0.3) is 0 Å². The van der Waals surface area contributed by atoms with Crippen molar-refractivity contribution in [3.05, 3.63) is 34.3 Å². The smallest absolute Gasteiger partial charge is 0.0798 e. The number of aryl methyl sites for hydroxylation is 1. The van der Waals surface area contributed by atoms with Crippen molar-refractivity contribution in [2.45, 2.75) is 19.4 Å². The summed E-state index contributed by atoms with van der Waals surface area (Å²) in [6, 6.07) is 2.34. The summed E-state index contributed by atoms with van der Waals surface area (Å²) in [5.74, 6) is 0. The second kappa shape index (κ2) is 5.23. The van der Waals surface area contributed by atoms with Gasteiger partial charge in [-0.05, 0) is 35.4 Å². The van der Waals surface area contributed by atoms with E-state index in [0.717, 1.165) is 18.7 Å². The molecule has 5 heteroatoms. The molecule has 0 saturated heterocycles. The first kappa shape index (κ1) is 11.3. The Hall–Kier alpha value is -1.20. The molecule has 4 nitrogen and oxygen atoms in total. The Morgan fingerprint density at radius 3 is 3.00 bits per heavy atom. The standard InChI is InChI=1S/C11H16N4S/c1-3-5-12-11(9-4-6-16-8-9)10-7-13-14-15(10)2/h4,6-8,11-12H,3,5H2,1-2H3. The van der Waals surface area contributed by atoms with Gasteiger partial charge in [0.05, 0.1) is 17.9 Å². The Balaban J connectivity index is 2.25. The van der Waals surface area contributed by atoms with Crippen LogP contribution in [0.4, 0.5) is 0 Å². The SMILES string of the molecule is CCCNC(c1ccsc1)c1cnnn1C. The Labute approximate surface area is 99.3 Å². The molecule has 2 aromatic rings. The lowest BCUT2D eigenvalue weighted by atomic mass is 10.1. The van der Waals surface area contributed by atoms with Gasteiger partial charge in [-0.3, -0.25) is 4.68 Å². The summed E-state index contributed by atoms with van der Waals surface area (Å²) in [5, 5.41) is 15.7. The van der Waals surface area contributed by atoms with Gasteiger partial charge in [0, 0.05) is 7.05 Å². The van der Waals surface area contributed by atoms with E-state index in [1.54, 1.807) is 11.3 Å². The maximum atomic E-state index is 3.99. The summed E-state index contributed by atoms with van der Waals surface area (Å²) in [6.45, 7) is 3.16. The van der Waals surface area contributed by atoms with Crippen molar-refractivity contribution in [1.82, 2.24) is 20.3 Å². The molecular weight excluding hydrogens is 220 g/mol. The molecule has 1 unspecified atom stereocenters. The average Bonchev–Trinajstić information content (AvgIpc) is 2.91. The zero-order chi connectivity index (χ0) is 11.4. The number of nitrogens with zero attached hydrogens (tertiary/aromatic N) is 3. The highest BCUT2D eigenvalue weighted by Gasteiger charge is 2.17. The molecule has 0 aromatic carbocycles. The van der Waals surface area contributed by atoms with Crippen molar-refractivity contribution in [1.29, 1.82) is 0 Å². The fourth-order valence-corrected chi connectivity index (χ4v) is 2.37. The first-order chi connectivity index (χ1) is 7.83. The minimum absolute atomic E-state index is 0.200. The molecule has 0 spiro atoms. The highest BCUT2D eigenvalue weighted by Crippen LogP contribution is 2.22. The van der Waals surface area contributed by atoms with Crippen LogP contribution in [-0.2, 0) is 7.05 Å². The third-order valence-corrected chi connectivity index (χ3v) is 3.22. The zero-order valence-electron chi connectivity index (χ0n) is 9.55. The Morgan fingerprint density at radius 1 is 1.56 bits per heavy atom. The number of rotatable bonds is 5. The van der Waals surface area contributed by atoms with E-state index in [4.69, 9.17) is 0 Å². The van der Waals surface area contributed by atoms with Crippen LogP contribution < -0.4 is 5.32 Å². The predicted octanol–water partition coefficient (Wildman–Crippen LogP) is 1.97. The van der Waals surface area contributed by atoms with Crippen molar-refractivity contribution in [3.8, 4) is 0 Å². The lowest BCUT2D eigenvalue weighted by Crippen LogP contribution is -2.24. The maximum Gasteiger partial charge on any atom is 0.0798 e. The van der Waals surface area contributed by atoms with E-state index in [9.17, 15) is 0 Å². The van der Waals surface area contributed by atoms with E-state index in [-0.39, 0.29) is 6.04 Å². The van der Waals surface area contributed by atoms with Gasteiger partial charge in [0.2, 0.25) is 0 Å². The monoisotopic (exact) mass is 236 g/mol. The first-order valence-electron chi connectivity index (χ1n) is 5.43. The van der Waals surface area contributed by atoms with Crippen molar-refractivity contribution in [2.24, 2.45) is 7.05 Å². The van der Waals surface area contributed by atoms with E-state index in [2.05, 4.69) is 39.4 Å².